The molecule has 10 heteroatoms. The van der Waals surface area contributed by atoms with Crippen LogP contribution in [0.2, 0.25) is 25.7 Å². The van der Waals surface area contributed by atoms with Crippen molar-refractivity contribution < 1.29 is 19.4 Å². The number of carbonyl (C=O) groups excluding carboxylic acids is 1. The predicted octanol–water partition coefficient (Wildman–Crippen LogP) is 6.38. The molecule has 1 fully saturated rings. The van der Waals surface area contributed by atoms with Crippen molar-refractivity contribution >= 4 is 25.6 Å². The van der Waals surface area contributed by atoms with Crippen molar-refractivity contribution in [1.82, 2.24) is 15.2 Å². The van der Waals surface area contributed by atoms with E-state index in [-0.39, 0.29) is 53.3 Å². The van der Waals surface area contributed by atoms with Crippen LogP contribution in [0.4, 0.5) is 0 Å². The Morgan fingerprint density at radius 1 is 1.20 bits per heavy atom. The molecular weight excluding hydrogens is 594 g/mol. The maximum atomic E-state index is 13.9. The number of ether oxygens (including phenoxy) is 2. The van der Waals surface area contributed by atoms with Crippen molar-refractivity contribution in [2.24, 2.45) is 11.8 Å². The molecule has 1 aliphatic carbocycles. The molecule has 44 heavy (non-hydrogen) atoms. The minimum Gasteiger partial charge on any atom is -0.483 e. The first-order valence-corrected chi connectivity index (χ1v) is 20.1. The Morgan fingerprint density at radius 2 is 1.93 bits per heavy atom. The van der Waals surface area contributed by atoms with E-state index in [2.05, 4.69) is 36.5 Å². The molecule has 0 spiro atoms. The fourth-order valence-electron chi connectivity index (χ4n) is 5.72. The van der Waals surface area contributed by atoms with Gasteiger partial charge in [0.1, 0.15) is 6.61 Å². The number of carbonyl (C=O) groups is 1. The number of nitrogens with zero attached hydrogens (tertiary/aromatic N) is 1. The Bertz CT molecular complexity index is 1220. The third-order valence-corrected chi connectivity index (χ3v) is 10.7. The minimum atomic E-state index is -1.25. The summed E-state index contributed by atoms with van der Waals surface area (Å²) < 4.78 is 11.8. The lowest BCUT2D eigenvalue weighted by Gasteiger charge is -2.36. The molecule has 1 aromatic heterocycles. The number of halogens is 1. The smallest absolute Gasteiger partial charge is 0.275 e. The highest BCUT2D eigenvalue weighted by Crippen LogP contribution is 2.36. The van der Waals surface area contributed by atoms with Gasteiger partial charge in [-0.3, -0.25) is 14.9 Å². The monoisotopic (exact) mass is 645 g/mol. The summed E-state index contributed by atoms with van der Waals surface area (Å²) in [6.07, 6.45) is 8.22. The van der Waals surface area contributed by atoms with Gasteiger partial charge in [0.05, 0.1) is 19.0 Å². The van der Waals surface area contributed by atoms with Gasteiger partial charge in [-0.15, -0.1) is 18.2 Å². The number of benzene rings is 1. The van der Waals surface area contributed by atoms with Crippen LogP contribution in [-0.4, -0.2) is 67.0 Å². The number of allylic oxidation sites excluding steroid dienone is 1. The molecule has 0 bridgehead atoms. The molecule has 8 nitrogen and oxygen atoms in total. The number of rotatable bonds is 18. The summed E-state index contributed by atoms with van der Waals surface area (Å²) >= 11 is 6.66. The van der Waals surface area contributed by atoms with Gasteiger partial charge in [-0.1, -0.05) is 68.9 Å². The molecule has 1 amide bonds. The van der Waals surface area contributed by atoms with Gasteiger partial charge < -0.3 is 24.5 Å². The highest BCUT2D eigenvalue weighted by molar-refractivity contribution is 6.76. The number of aliphatic hydroxyl groups is 1. The number of hydrogen-bond donors (Lipinski definition) is 3. The molecular formula is C34H52ClN3O5Si. The number of aromatic nitrogens is 1. The molecule has 0 aliphatic heterocycles. The van der Waals surface area contributed by atoms with Crippen molar-refractivity contribution in [3.05, 3.63) is 76.7 Å². The molecule has 0 saturated heterocycles. The topological polar surface area (TPSA) is 104 Å². The van der Waals surface area contributed by atoms with Gasteiger partial charge in [-0.2, -0.15) is 0 Å². The number of amides is 1. The van der Waals surface area contributed by atoms with Gasteiger partial charge in [0.15, 0.2) is 11.4 Å². The summed E-state index contributed by atoms with van der Waals surface area (Å²) in [7, 11) is 0.462. The van der Waals surface area contributed by atoms with Crippen LogP contribution in [0.15, 0.2) is 60.0 Å². The average molecular weight is 646 g/mol. The second kappa shape index (κ2) is 17.9. The van der Waals surface area contributed by atoms with Crippen molar-refractivity contribution in [3.8, 4) is 5.75 Å². The predicted molar refractivity (Wildman–Crippen MR) is 181 cm³/mol. The highest BCUT2D eigenvalue weighted by atomic mass is 35.5. The van der Waals surface area contributed by atoms with E-state index in [1.54, 1.807) is 11.9 Å². The average Bonchev–Trinajstić information content (AvgIpc) is 3.00. The molecule has 1 aliphatic rings. The third-order valence-electron chi connectivity index (χ3n) is 8.49. The number of pyridine rings is 1. The second-order valence-electron chi connectivity index (χ2n) is 13.1. The zero-order valence-electron chi connectivity index (χ0n) is 26.9. The van der Waals surface area contributed by atoms with E-state index in [0.717, 1.165) is 37.3 Å². The fourth-order valence-corrected chi connectivity index (χ4v) is 6.90. The van der Waals surface area contributed by atoms with Crippen molar-refractivity contribution in [1.29, 1.82) is 0 Å². The largest absolute Gasteiger partial charge is 0.483 e. The molecule has 2 aromatic rings. The summed E-state index contributed by atoms with van der Waals surface area (Å²) in [6.45, 7) is 11.9. The van der Waals surface area contributed by atoms with Gasteiger partial charge in [0.25, 0.3) is 5.91 Å². The molecule has 1 aromatic carbocycles. The Labute approximate surface area is 269 Å². The third kappa shape index (κ3) is 11.2. The Kier molecular flexibility index (Phi) is 14.7. The van der Waals surface area contributed by atoms with Gasteiger partial charge in [-0.05, 0) is 49.6 Å². The van der Waals surface area contributed by atoms with Crippen molar-refractivity contribution in [2.45, 2.75) is 94.9 Å². The van der Waals surface area contributed by atoms with Crippen LogP contribution in [-0.2, 0) is 11.3 Å². The van der Waals surface area contributed by atoms with Gasteiger partial charge in [0, 0.05) is 45.3 Å². The lowest BCUT2D eigenvalue weighted by atomic mass is 9.77. The first-order valence-electron chi connectivity index (χ1n) is 15.9. The number of aliphatic hydroxyl groups excluding tert-OH is 1. The van der Waals surface area contributed by atoms with E-state index in [4.69, 9.17) is 21.1 Å². The zero-order valence-corrected chi connectivity index (χ0v) is 28.7. The summed E-state index contributed by atoms with van der Waals surface area (Å²) in [6, 6.07) is 11.9. The quantitative estimate of drug-likeness (QED) is 0.0571. The molecule has 5 atom stereocenters. The zero-order chi connectivity index (χ0) is 32.1. The van der Waals surface area contributed by atoms with E-state index in [0.29, 0.717) is 25.9 Å². The van der Waals surface area contributed by atoms with Crippen LogP contribution < -0.4 is 15.5 Å². The highest BCUT2D eigenvalue weighted by Gasteiger charge is 2.35. The maximum absolute atomic E-state index is 13.9. The van der Waals surface area contributed by atoms with Crippen LogP contribution >= 0.6 is 11.6 Å². The molecule has 3 N–H and O–H groups in total. The summed E-state index contributed by atoms with van der Waals surface area (Å²) in [5.41, 5.74) is 0.617. The Hall–Kier alpha value is -2.43. The van der Waals surface area contributed by atoms with E-state index in [9.17, 15) is 14.7 Å². The summed E-state index contributed by atoms with van der Waals surface area (Å²) in [5.74, 6) is -0.383. The van der Waals surface area contributed by atoms with Crippen LogP contribution in [0, 0.1) is 11.8 Å². The SMILES string of the molecule is C=CCC(CCC(NCOCC[Si](C)(C)C)N(C)C(=O)c1[nH]ccc(=O)c1OCc1ccccc1)C(O)C1CCCCC1Cl. The number of H-pyrrole nitrogens is 1. The standard InChI is InChI=1S/C34H52ClN3O5Si/c1-6-12-26(32(40)27-15-10-11-16-28(27)35)17-18-30(37-24-42-21-22-44(3,4)5)38(2)34(41)31-33(29(39)19-20-36-31)43-23-25-13-8-7-9-14-25/h6-9,13-14,19-20,26-28,30,32,37,40H,1,10-12,15-18,21-24H2,2-5H3,(H,36,39). The second-order valence-corrected chi connectivity index (χ2v) is 19.3. The lowest BCUT2D eigenvalue weighted by Crippen LogP contribution is -2.48. The van der Waals surface area contributed by atoms with Crippen LogP contribution in [0.3, 0.4) is 0 Å². The molecule has 1 saturated carbocycles. The van der Waals surface area contributed by atoms with Gasteiger partial charge in [-0.25, -0.2) is 0 Å². The number of aromatic amines is 1. The Balaban J connectivity index is 1.77. The molecule has 3 rings (SSSR count). The molecule has 244 valence electrons. The van der Waals surface area contributed by atoms with Gasteiger partial charge >= 0.3 is 0 Å². The van der Waals surface area contributed by atoms with Crippen LogP contribution in [0.1, 0.15) is 61.0 Å². The van der Waals surface area contributed by atoms with E-state index in [1.165, 1.54) is 12.3 Å². The van der Waals surface area contributed by atoms with E-state index >= 15 is 0 Å². The first-order chi connectivity index (χ1) is 21.0. The van der Waals surface area contributed by atoms with Crippen LogP contribution in [0.25, 0.3) is 0 Å². The maximum Gasteiger partial charge on any atom is 0.275 e. The number of alkyl halides is 1. The van der Waals surface area contributed by atoms with Crippen LogP contribution in [0.5, 0.6) is 5.75 Å². The van der Waals surface area contributed by atoms with E-state index in [1.807, 2.05) is 36.4 Å². The Morgan fingerprint density at radius 3 is 2.61 bits per heavy atom. The van der Waals surface area contributed by atoms with Crippen molar-refractivity contribution in [3.63, 3.8) is 0 Å². The summed E-state index contributed by atoms with van der Waals surface area (Å²) in [5, 5.41) is 14.8. The molecule has 1 heterocycles. The summed E-state index contributed by atoms with van der Waals surface area (Å²) in [4.78, 5) is 31.3. The molecule has 0 radical (unpaired) electrons. The molecule has 5 unspecified atom stereocenters. The van der Waals surface area contributed by atoms with Crippen molar-refractivity contribution in [2.75, 3.05) is 20.4 Å². The lowest BCUT2D eigenvalue weighted by molar-refractivity contribution is 0.0245. The number of nitrogens with one attached hydrogen (secondary N) is 2. The number of hydrogen-bond acceptors (Lipinski definition) is 6. The normalized spacial score (nSPS) is 19.1. The first kappa shape index (κ1) is 36.0. The fraction of sp³-hybridized carbons (Fsp3) is 0.588. The van der Waals surface area contributed by atoms with Gasteiger partial charge in [0.2, 0.25) is 5.43 Å². The van der Waals surface area contributed by atoms with E-state index < -0.39 is 20.3 Å². The minimum absolute atomic E-state index is 0.0104.